The van der Waals surface area contributed by atoms with Gasteiger partial charge in [0.1, 0.15) is 24.2 Å². The molecular weight excluding hydrogens is 659 g/mol. The molecule has 1 aromatic heterocycles. The summed E-state index contributed by atoms with van der Waals surface area (Å²) in [6.07, 6.45) is 9.79. The highest BCUT2D eigenvalue weighted by atomic mass is 15.4. The molecule has 0 radical (unpaired) electrons. The fourth-order valence-electron chi connectivity index (χ4n) is 9.19. The van der Waals surface area contributed by atoms with Crippen LogP contribution in [-0.2, 0) is 5.41 Å². The summed E-state index contributed by atoms with van der Waals surface area (Å²) in [6.45, 7) is 5.45. The molecule has 8 aromatic rings. The number of allylic oxidation sites excluding steroid dienone is 2. The van der Waals surface area contributed by atoms with Gasteiger partial charge in [0.15, 0.2) is 5.82 Å². The summed E-state index contributed by atoms with van der Waals surface area (Å²) in [7, 11) is 0. The zero-order valence-electron chi connectivity index (χ0n) is 30.0. The number of anilines is 1. The van der Waals surface area contributed by atoms with Crippen molar-refractivity contribution in [3.8, 4) is 22.3 Å². The van der Waals surface area contributed by atoms with Gasteiger partial charge in [0.25, 0.3) is 0 Å². The molecule has 5 nitrogen and oxygen atoms in total. The van der Waals surface area contributed by atoms with Gasteiger partial charge in [-0.1, -0.05) is 129 Å². The Balaban J connectivity index is 1.33. The molecule has 0 bridgehead atoms. The summed E-state index contributed by atoms with van der Waals surface area (Å²) < 4.78 is 0. The fraction of sp³-hybridized carbons (Fsp3) is 0.0816. The van der Waals surface area contributed by atoms with Crippen LogP contribution in [0.15, 0.2) is 170 Å². The molecule has 256 valence electrons. The van der Waals surface area contributed by atoms with Crippen LogP contribution in [0.4, 0.5) is 5.69 Å². The second-order valence-corrected chi connectivity index (χ2v) is 14.9. The Labute approximate surface area is 313 Å². The molecule has 11 rings (SSSR count). The first-order valence-corrected chi connectivity index (χ1v) is 18.6. The highest BCUT2D eigenvalue weighted by Crippen LogP contribution is 2.55. The molecule has 0 N–H and O–H groups in total. The van der Waals surface area contributed by atoms with E-state index in [2.05, 4.69) is 180 Å². The normalized spacial score (nSPS) is 15.6. The summed E-state index contributed by atoms with van der Waals surface area (Å²) in [4.78, 5) is 18.7. The smallest absolute Gasteiger partial charge is 0.181 e. The van der Waals surface area contributed by atoms with Crippen LogP contribution in [0.1, 0.15) is 36.4 Å². The first-order valence-electron chi connectivity index (χ1n) is 18.6. The van der Waals surface area contributed by atoms with Gasteiger partial charge in [-0.3, -0.25) is 4.90 Å². The number of fused-ring (bicyclic) bond motifs is 7. The van der Waals surface area contributed by atoms with Gasteiger partial charge in [-0.05, 0) is 102 Å². The second-order valence-electron chi connectivity index (χ2n) is 14.9. The van der Waals surface area contributed by atoms with Crippen molar-refractivity contribution >= 4 is 49.4 Å². The molecule has 0 fully saturated rings. The van der Waals surface area contributed by atoms with E-state index in [-0.39, 0.29) is 5.41 Å². The van der Waals surface area contributed by atoms with E-state index in [4.69, 9.17) is 9.97 Å². The zero-order valence-corrected chi connectivity index (χ0v) is 30.0. The molecule has 1 aliphatic carbocycles. The number of rotatable bonds is 4. The maximum absolute atomic E-state index is 4.84. The SMILES string of the molecule is CC1(C)c2ccccc2-c2cc3c(-c4ccc5ccccc5c4)c4ccccc4c(C4=C(c5ncncn5)N(c5ccccc5)C5=CC=CCN54)c3cc21. The third kappa shape index (κ3) is 4.36. The molecule has 0 spiro atoms. The molecule has 0 saturated carbocycles. The van der Waals surface area contributed by atoms with Gasteiger partial charge in [-0.25, -0.2) is 15.0 Å². The minimum atomic E-state index is -0.178. The standard InChI is InChI=1S/C49H35N5/c1-49(2)41-21-11-10-18-35(41)38-27-39-40(28-42(38)49)45(37-20-9-8-19-36(37)44(39)33-24-23-31-14-6-7-15-32(31)26-33)46-47(48-51-29-50-30-52-48)54(34-16-4-3-5-17-34)43-22-12-13-25-53(43)46/h3-24,26-30H,25H2,1-2H3. The van der Waals surface area contributed by atoms with E-state index in [0.717, 1.165) is 22.9 Å². The summed E-state index contributed by atoms with van der Waals surface area (Å²) >= 11 is 0. The Kier molecular flexibility index (Phi) is 6.59. The highest BCUT2D eigenvalue weighted by Gasteiger charge is 2.41. The van der Waals surface area contributed by atoms with Crippen molar-refractivity contribution in [1.82, 2.24) is 19.9 Å². The van der Waals surface area contributed by atoms with Crippen LogP contribution in [0.2, 0.25) is 0 Å². The van der Waals surface area contributed by atoms with E-state index in [1.807, 2.05) is 0 Å². The number of hydrogen-bond donors (Lipinski definition) is 0. The van der Waals surface area contributed by atoms with Crippen LogP contribution in [0.3, 0.4) is 0 Å². The van der Waals surface area contributed by atoms with Crippen LogP contribution < -0.4 is 4.90 Å². The molecule has 7 aromatic carbocycles. The number of hydrogen-bond acceptors (Lipinski definition) is 5. The van der Waals surface area contributed by atoms with Gasteiger partial charge in [-0.15, -0.1) is 0 Å². The third-order valence-electron chi connectivity index (χ3n) is 11.6. The van der Waals surface area contributed by atoms with Crippen LogP contribution >= 0.6 is 0 Å². The van der Waals surface area contributed by atoms with E-state index in [0.29, 0.717) is 12.4 Å². The molecule has 3 aliphatic rings. The molecule has 0 atom stereocenters. The van der Waals surface area contributed by atoms with Crippen molar-refractivity contribution in [2.45, 2.75) is 19.3 Å². The van der Waals surface area contributed by atoms with Crippen LogP contribution in [0.5, 0.6) is 0 Å². The van der Waals surface area contributed by atoms with Crippen molar-refractivity contribution in [3.05, 3.63) is 193 Å². The molecule has 2 aliphatic heterocycles. The predicted octanol–water partition coefficient (Wildman–Crippen LogP) is 11.4. The maximum atomic E-state index is 4.84. The molecule has 0 saturated heterocycles. The minimum absolute atomic E-state index is 0.178. The number of aromatic nitrogens is 3. The average molecular weight is 694 g/mol. The first-order chi connectivity index (χ1) is 26.6. The Bertz CT molecular complexity index is 2940. The van der Waals surface area contributed by atoms with E-state index in [1.54, 1.807) is 12.7 Å². The van der Waals surface area contributed by atoms with Crippen LogP contribution in [0.25, 0.3) is 66.0 Å². The van der Waals surface area contributed by atoms with E-state index in [9.17, 15) is 0 Å². The Morgan fingerprint density at radius 3 is 2.11 bits per heavy atom. The lowest BCUT2D eigenvalue weighted by Crippen LogP contribution is -2.27. The largest absolute Gasteiger partial charge is 0.321 e. The Morgan fingerprint density at radius 1 is 0.574 bits per heavy atom. The van der Waals surface area contributed by atoms with E-state index in [1.165, 1.54) is 71.3 Å². The predicted molar refractivity (Wildman–Crippen MR) is 221 cm³/mol. The van der Waals surface area contributed by atoms with Gasteiger partial charge in [0.05, 0.1) is 5.70 Å². The quantitative estimate of drug-likeness (QED) is 0.172. The van der Waals surface area contributed by atoms with E-state index >= 15 is 0 Å². The molecule has 54 heavy (non-hydrogen) atoms. The lowest BCUT2D eigenvalue weighted by atomic mass is 9.79. The molecule has 3 heterocycles. The summed E-state index contributed by atoms with van der Waals surface area (Å²) in [5, 5.41) is 7.30. The maximum Gasteiger partial charge on any atom is 0.181 e. The van der Waals surface area contributed by atoms with Gasteiger partial charge in [0.2, 0.25) is 0 Å². The van der Waals surface area contributed by atoms with Crippen molar-refractivity contribution < 1.29 is 0 Å². The topological polar surface area (TPSA) is 45.2 Å². The Hall–Kier alpha value is -6.85. The number of para-hydroxylation sites is 1. The summed E-state index contributed by atoms with van der Waals surface area (Å²) in [5.74, 6) is 1.70. The molecule has 0 unspecified atom stereocenters. The number of benzene rings is 7. The summed E-state index contributed by atoms with van der Waals surface area (Å²) in [6, 6.07) is 49.0. The molecule has 5 heteroatoms. The lowest BCUT2D eigenvalue weighted by molar-refractivity contribution is 0.547. The third-order valence-corrected chi connectivity index (χ3v) is 11.6. The van der Waals surface area contributed by atoms with Crippen molar-refractivity contribution in [2.75, 3.05) is 11.4 Å². The fourth-order valence-corrected chi connectivity index (χ4v) is 9.19. The van der Waals surface area contributed by atoms with Crippen molar-refractivity contribution in [1.29, 1.82) is 0 Å². The number of nitrogens with zero attached hydrogens (tertiary/aromatic N) is 5. The zero-order chi connectivity index (χ0) is 36.0. The summed E-state index contributed by atoms with van der Waals surface area (Å²) in [5.41, 5.74) is 11.8. The first kappa shape index (κ1) is 30.7. The van der Waals surface area contributed by atoms with Gasteiger partial charge >= 0.3 is 0 Å². The molecule has 0 amide bonds. The van der Waals surface area contributed by atoms with Crippen LogP contribution in [0, 0.1) is 0 Å². The second kappa shape index (κ2) is 11.6. The Morgan fingerprint density at radius 2 is 1.28 bits per heavy atom. The van der Waals surface area contributed by atoms with E-state index < -0.39 is 0 Å². The van der Waals surface area contributed by atoms with Crippen molar-refractivity contribution in [3.63, 3.8) is 0 Å². The highest BCUT2D eigenvalue weighted by molar-refractivity contribution is 6.23. The van der Waals surface area contributed by atoms with Gasteiger partial charge in [0, 0.05) is 23.2 Å². The minimum Gasteiger partial charge on any atom is -0.321 e. The van der Waals surface area contributed by atoms with Crippen LogP contribution in [-0.4, -0.2) is 26.4 Å². The average Bonchev–Trinajstić information content (AvgIpc) is 3.68. The van der Waals surface area contributed by atoms with Crippen molar-refractivity contribution in [2.24, 2.45) is 0 Å². The molecular formula is C49H35N5. The monoisotopic (exact) mass is 693 g/mol. The van der Waals surface area contributed by atoms with Gasteiger partial charge < -0.3 is 4.90 Å². The van der Waals surface area contributed by atoms with Gasteiger partial charge in [-0.2, -0.15) is 0 Å². The lowest BCUT2D eigenvalue weighted by Gasteiger charge is -2.29.